The molecule has 0 aromatic heterocycles. The summed E-state index contributed by atoms with van der Waals surface area (Å²) in [5, 5.41) is 13.4. The largest absolute Gasteiger partial charge is 0.294 e. The normalized spacial score (nSPS) is 11.2. The number of hydrogen-bond donors (Lipinski definition) is 1. The van der Waals surface area contributed by atoms with Gasteiger partial charge in [-0.2, -0.15) is 5.26 Å². The highest BCUT2D eigenvalue weighted by Gasteiger charge is 2.11. The molecule has 1 atom stereocenters. The molecule has 0 aliphatic carbocycles. The molecule has 2 aromatic carbocycles. The Morgan fingerprint density at radius 1 is 1.05 bits per heavy atom. The van der Waals surface area contributed by atoms with Crippen LogP contribution < -0.4 is 5.32 Å². The van der Waals surface area contributed by atoms with E-state index < -0.39 is 6.04 Å². The molecular weight excluding hydrogens is 315 g/mol. The molecule has 0 aliphatic rings. The summed E-state index contributed by atoms with van der Waals surface area (Å²) in [6.45, 7) is 0.624. The zero-order valence-corrected chi connectivity index (χ0v) is 12.8. The molecular formula is C15H13Cl3N2. The Kier molecular flexibility index (Phi) is 6.84. The van der Waals surface area contributed by atoms with E-state index in [9.17, 15) is 5.26 Å². The maximum atomic E-state index is 9.23. The van der Waals surface area contributed by atoms with Crippen LogP contribution in [0.1, 0.15) is 17.2 Å². The molecule has 0 fully saturated rings. The molecule has 0 aliphatic heterocycles. The van der Waals surface area contributed by atoms with Crippen molar-refractivity contribution >= 4 is 35.6 Å². The summed E-state index contributed by atoms with van der Waals surface area (Å²) in [7, 11) is 0. The van der Waals surface area contributed by atoms with Crippen LogP contribution in [-0.2, 0) is 6.54 Å². The molecule has 2 rings (SSSR count). The van der Waals surface area contributed by atoms with E-state index in [1.807, 2.05) is 30.3 Å². The van der Waals surface area contributed by atoms with Gasteiger partial charge in [-0.25, -0.2) is 0 Å². The van der Waals surface area contributed by atoms with Crippen LogP contribution in [0.5, 0.6) is 0 Å². The van der Waals surface area contributed by atoms with Crippen molar-refractivity contribution in [2.24, 2.45) is 0 Å². The van der Waals surface area contributed by atoms with Crippen LogP contribution in [0.4, 0.5) is 0 Å². The van der Waals surface area contributed by atoms with Crippen LogP contribution in [0.25, 0.3) is 0 Å². The predicted octanol–water partition coefficient (Wildman–Crippen LogP) is 4.77. The van der Waals surface area contributed by atoms with Gasteiger partial charge >= 0.3 is 0 Å². The van der Waals surface area contributed by atoms with Crippen LogP contribution >= 0.6 is 35.6 Å². The fourth-order valence-corrected chi connectivity index (χ4v) is 2.05. The van der Waals surface area contributed by atoms with Crippen LogP contribution in [0, 0.1) is 11.3 Å². The fraction of sp³-hybridized carbons (Fsp3) is 0.133. The number of halogens is 3. The Bertz CT molecular complexity index is 594. The second kappa shape index (κ2) is 8.14. The van der Waals surface area contributed by atoms with Gasteiger partial charge in [-0.1, -0.05) is 59.6 Å². The second-order valence-corrected chi connectivity index (χ2v) is 4.92. The van der Waals surface area contributed by atoms with E-state index in [-0.39, 0.29) is 12.4 Å². The molecule has 20 heavy (non-hydrogen) atoms. The highest BCUT2D eigenvalue weighted by molar-refractivity contribution is 6.42. The monoisotopic (exact) mass is 326 g/mol. The smallest absolute Gasteiger partial charge is 0.121 e. The highest BCUT2D eigenvalue weighted by atomic mass is 35.5. The molecule has 0 saturated heterocycles. The molecule has 0 amide bonds. The minimum Gasteiger partial charge on any atom is -0.294 e. The second-order valence-electron chi connectivity index (χ2n) is 4.10. The Hall–Kier alpha value is -1.24. The van der Waals surface area contributed by atoms with Gasteiger partial charge in [0.2, 0.25) is 0 Å². The van der Waals surface area contributed by atoms with Gasteiger partial charge < -0.3 is 0 Å². The number of rotatable bonds is 4. The number of benzene rings is 2. The van der Waals surface area contributed by atoms with E-state index in [0.29, 0.717) is 16.6 Å². The number of nitrogens with one attached hydrogen (secondary N) is 1. The van der Waals surface area contributed by atoms with Crippen molar-refractivity contribution in [1.29, 1.82) is 5.26 Å². The average Bonchev–Trinajstić information content (AvgIpc) is 2.44. The topological polar surface area (TPSA) is 35.8 Å². The minimum atomic E-state index is -0.407. The van der Waals surface area contributed by atoms with E-state index in [2.05, 4.69) is 11.4 Å². The van der Waals surface area contributed by atoms with Crippen molar-refractivity contribution in [2.75, 3.05) is 0 Å². The molecule has 0 bridgehead atoms. The third kappa shape index (κ3) is 4.40. The van der Waals surface area contributed by atoms with Gasteiger partial charge in [-0.05, 0) is 23.3 Å². The van der Waals surface area contributed by atoms with E-state index in [1.165, 1.54) is 0 Å². The van der Waals surface area contributed by atoms with Gasteiger partial charge in [0.05, 0.1) is 16.1 Å². The number of hydrogen-bond acceptors (Lipinski definition) is 2. The average molecular weight is 328 g/mol. The first-order valence-corrected chi connectivity index (χ1v) is 6.58. The lowest BCUT2D eigenvalue weighted by molar-refractivity contribution is 0.630. The Morgan fingerprint density at radius 2 is 1.75 bits per heavy atom. The minimum absolute atomic E-state index is 0. The third-order valence-electron chi connectivity index (χ3n) is 2.76. The molecule has 0 spiro atoms. The standard InChI is InChI=1S/C15H12Cl2N2.ClH/c16-13-7-6-12(8-14(13)17)15(9-18)19-10-11-4-2-1-3-5-11;/h1-8,15,19H,10H2;1H. The van der Waals surface area contributed by atoms with Crippen molar-refractivity contribution in [2.45, 2.75) is 12.6 Å². The molecule has 1 N–H and O–H groups in total. The van der Waals surface area contributed by atoms with Crippen LogP contribution in [0.3, 0.4) is 0 Å². The number of nitrogens with zero attached hydrogens (tertiary/aromatic N) is 1. The lowest BCUT2D eigenvalue weighted by Crippen LogP contribution is -2.19. The molecule has 5 heteroatoms. The molecule has 0 saturated carbocycles. The van der Waals surface area contributed by atoms with Crippen LogP contribution in [0.2, 0.25) is 10.0 Å². The van der Waals surface area contributed by atoms with E-state index in [0.717, 1.165) is 11.1 Å². The Morgan fingerprint density at radius 3 is 2.35 bits per heavy atom. The molecule has 104 valence electrons. The summed E-state index contributed by atoms with van der Waals surface area (Å²) < 4.78 is 0. The Balaban J connectivity index is 0.00000200. The van der Waals surface area contributed by atoms with Gasteiger partial charge in [0, 0.05) is 6.54 Å². The van der Waals surface area contributed by atoms with Gasteiger partial charge in [-0.15, -0.1) is 12.4 Å². The summed E-state index contributed by atoms with van der Waals surface area (Å²) in [6.07, 6.45) is 0. The quantitative estimate of drug-likeness (QED) is 0.878. The van der Waals surface area contributed by atoms with Crippen LogP contribution in [-0.4, -0.2) is 0 Å². The van der Waals surface area contributed by atoms with E-state index >= 15 is 0 Å². The first-order valence-electron chi connectivity index (χ1n) is 5.82. The summed E-state index contributed by atoms with van der Waals surface area (Å²) >= 11 is 11.8. The van der Waals surface area contributed by atoms with Crippen molar-refractivity contribution in [3.8, 4) is 6.07 Å². The first-order chi connectivity index (χ1) is 9.20. The zero-order chi connectivity index (χ0) is 13.7. The van der Waals surface area contributed by atoms with Crippen molar-refractivity contribution in [3.05, 3.63) is 69.7 Å². The summed E-state index contributed by atoms with van der Waals surface area (Å²) in [4.78, 5) is 0. The molecule has 0 heterocycles. The van der Waals surface area contributed by atoms with Gasteiger partial charge in [0.1, 0.15) is 6.04 Å². The van der Waals surface area contributed by atoms with Crippen molar-refractivity contribution < 1.29 is 0 Å². The lowest BCUT2D eigenvalue weighted by Gasteiger charge is -2.12. The van der Waals surface area contributed by atoms with Gasteiger partial charge in [0.25, 0.3) is 0 Å². The Labute approximate surface area is 134 Å². The van der Waals surface area contributed by atoms with Crippen LogP contribution in [0.15, 0.2) is 48.5 Å². The fourth-order valence-electron chi connectivity index (χ4n) is 1.75. The van der Waals surface area contributed by atoms with E-state index in [4.69, 9.17) is 23.2 Å². The molecule has 1 unspecified atom stereocenters. The maximum Gasteiger partial charge on any atom is 0.121 e. The van der Waals surface area contributed by atoms with Gasteiger partial charge in [-0.3, -0.25) is 5.32 Å². The zero-order valence-electron chi connectivity index (χ0n) is 10.5. The summed E-state index contributed by atoms with van der Waals surface area (Å²) in [5.41, 5.74) is 1.94. The third-order valence-corrected chi connectivity index (χ3v) is 3.50. The lowest BCUT2D eigenvalue weighted by atomic mass is 10.1. The van der Waals surface area contributed by atoms with Gasteiger partial charge in [0.15, 0.2) is 0 Å². The summed E-state index contributed by atoms with van der Waals surface area (Å²) in [6, 6.07) is 17.0. The SMILES string of the molecule is Cl.N#CC(NCc1ccccc1)c1ccc(Cl)c(Cl)c1. The molecule has 0 radical (unpaired) electrons. The predicted molar refractivity (Wildman–Crippen MR) is 85.3 cm³/mol. The first kappa shape index (κ1) is 16.8. The van der Waals surface area contributed by atoms with Crippen molar-refractivity contribution in [3.63, 3.8) is 0 Å². The summed E-state index contributed by atoms with van der Waals surface area (Å²) in [5.74, 6) is 0. The maximum absolute atomic E-state index is 9.23. The number of nitriles is 1. The van der Waals surface area contributed by atoms with Crippen molar-refractivity contribution in [1.82, 2.24) is 5.32 Å². The molecule has 2 nitrogen and oxygen atoms in total. The van der Waals surface area contributed by atoms with E-state index in [1.54, 1.807) is 18.2 Å². The highest BCUT2D eigenvalue weighted by Crippen LogP contribution is 2.25. The molecule has 2 aromatic rings.